The average Bonchev–Trinajstić information content (AvgIpc) is 2.93. The van der Waals surface area contributed by atoms with Gasteiger partial charge in [0.15, 0.2) is 0 Å². The van der Waals surface area contributed by atoms with Crippen LogP contribution < -0.4 is 4.72 Å². The van der Waals surface area contributed by atoms with Gasteiger partial charge in [-0.25, -0.2) is 18.1 Å². The highest BCUT2D eigenvalue weighted by Gasteiger charge is 2.32. The van der Waals surface area contributed by atoms with Crippen molar-refractivity contribution in [1.29, 1.82) is 0 Å². The number of aromatic nitrogens is 1. The SMILES string of the molecule is O=S(=O)(NCC1CN2CCCC2CO1)c1ccnc(Cl)c1. The molecule has 1 aromatic heterocycles. The largest absolute Gasteiger partial charge is 0.374 e. The van der Waals surface area contributed by atoms with Gasteiger partial charge in [-0.05, 0) is 31.5 Å². The number of rotatable bonds is 4. The number of nitrogens with zero attached hydrogens (tertiary/aromatic N) is 2. The Morgan fingerprint density at radius 2 is 2.38 bits per heavy atom. The highest BCUT2D eigenvalue weighted by Crippen LogP contribution is 2.22. The molecule has 0 aromatic carbocycles. The van der Waals surface area contributed by atoms with Crippen molar-refractivity contribution in [3.8, 4) is 0 Å². The summed E-state index contributed by atoms with van der Waals surface area (Å²) in [6.07, 6.45) is 3.64. The number of hydrogen-bond donors (Lipinski definition) is 1. The molecule has 0 saturated carbocycles. The summed E-state index contributed by atoms with van der Waals surface area (Å²) in [7, 11) is -3.58. The highest BCUT2D eigenvalue weighted by molar-refractivity contribution is 7.89. The second kappa shape index (κ2) is 6.18. The van der Waals surface area contributed by atoms with Gasteiger partial charge < -0.3 is 4.74 Å². The molecule has 0 spiro atoms. The molecule has 2 aliphatic heterocycles. The van der Waals surface area contributed by atoms with E-state index >= 15 is 0 Å². The number of nitrogens with one attached hydrogen (secondary N) is 1. The Bertz CT molecular complexity index is 610. The van der Waals surface area contributed by atoms with Crippen molar-refractivity contribution in [2.75, 3.05) is 26.2 Å². The number of hydrogen-bond acceptors (Lipinski definition) is 5. The maximum Gasteiger partial charge on any atom is 0.240 e. The summed E-state index contributed by atoms with van der Waals surface area (Å²) < 4.78 is 32.7. The van der Waals surface area contributed by atoms with Crippen molar-refractivity contribution < 1.29 is 13.2 Å². The van der Waals surface area contributed by atoms with Gasteiger partial charge in [-0.2, -0.15) is 0 Å². The molecule has 6 nitrogen and oxygen atoms in total. The molecular formula is C13H18ClN3O3S. The minimum atomic E-state index is -3.58. The molecule has 2 fully saturated rings. The first-order chi connectivity index (χ1) is 10.0. The third kappa shape index (κ3) is 3.54. The second-order valence-electron chi connectivity index (χ2n) is 5.41. The normalized spacial score (nSPS) is 26.7. The molecule has 2 aliphatic rings. The Balaban J connectivity index is 1.59. The lowest BCUT2D eigenvalue weighted by molar-refractivity contribution is -0.0449. The van der Waals surface area contributed by atoms with Crippen LogP contribution in [0.15, 0.2) is 23.2 Å². The first-order valence-corrected chi connectivity index (χ1v) is 8.87. The van der Waals surface area contributed by atoms with Gasteiger partial charge in [0.2, 0.25) is 10.0 Å². The number of pyridine rings is 1. The highest BCUT2D eigenvalue weighted by atomic mass is 35.5. The molecule has 8 heteroatoms. The lowest BCUT2D eigenvalue weighted by Crippen LogP contribution is -2.50. The summed E-state index contributed by atoms with van der Waals surface area (Å²) >= 11 is 5.73. The fourth-order valence-corrected chi connectivity index (χ4v) is 4.16. The van der Waals surface area contributed by atoms with E-state index in [2.05, 4.69) is 14.6 Å². The zero-order valence-corrected chi connectivity index (χ0v) is 13.1. The summed E-state index contributed by atoms with van der Waals surface area (Å²) in [6.45, 7) is 2.82. The van der Waals surface area contributed by atoms with Crippen LogP contribution in [0.3, 0.4) is 0 Å². The van der Waals surface area contributed by atoms with Crippen LogP contribution in [-0.4, -0.2) is 56.7 Å². The molecule has 0 aliphatic carbocycles. The molecule has 3 rings (SSSR count). The van der Waals surface area contributed by atoms with Gasteiger partial charge in [-0.15, -0.1) is 0 Å². The summed E-state index contributed by atoms with van der Waals surface area (Å²) in [5.41, 5.74) is 0. The number of fused-ring (bicyclic) bond motifs is 1. The van der Waals surface area contributed by atoms with Crippen molar-refractivity contribution in [1.82, 2.24) is 14.6 Å². The minimum absolute atomic E-state index is 0.105. The molecule has 2 saturated heterocycles. The molecular weight excluding hydrogens is 314 g/mol. The van der Waals surface area contributed by atoms with Crippen molar-refractivity contribution in [2.24, 2.45) is 0 Å². The first kappa shape index (κ1) is 15.2. The Labute approximate surface area is 129 Å². The predicted octanol–water partition coefficient (Wildman–Crippen LogP) is 0.876. The minimum Gasteiger partial charge on any atom is -0.374 e. The quantitative estimate of drug-likeness (QED) is 0.829. The number of sulfonamides is 1. The van der Waals surface area contributed by atoms with E-state index in [1.54, 1.807) is 0 Å². The number of ether oxygens (including phenoxy) is 1. The van der Waals surface area contributed by atoms with E-state index in [4.69, 9.17) is 16.3 Å². The van der Waals surface area contributed by atoms with Crippen LogP contribution in [0.2, 0.25) is 5.15 Å². The Morgan fingerprint density at radius 3 is 3.19 bits per heavy atom. The fourth-order valence-electron chi connectivity index (χ4n) is 2.85. The molecule has 3 heterocycles. The van der Waals surface area contributed by atoms with Gasteiger partial charge in [-0.3, -0.25) is 4.90 Å². The van der Waals surface area contributed by atoms with E-state index in [1.165, 1.54) is 31.2 Å². The average molecular weight is 332 g/mol. The van der Waals surface area contributed by atoms with Crippen LogP contribution in [0.25, 0.3) is 0 Å². The van der Waals surface area contributed by atoms with E-state index in [0.29, 0.717) is 12.6 Å². The summed E-state index contributed by atoms with van der Waals surface area (Å²) in [5, 5.41) is 0.159. The molecule has 1 N–H and O–H groups in total. The van der Waals surface area contributed by atoms with E-state index in [-0.39, 0.29) is 22.7 Å². The van der Waals surface area contributed by atoms with Crippen LogP contribution in [0.4, 0.5) is 0 Å². The van der Waals surface area contributed by atoms with Crippen LogP contribution in [0.5, 0.6) is 0 Å². The maximum atomic E-state index is 12.2. The van der Waals surface area contributed by atoms with E-state index in [0.717, 1.165) is 13.1 Å². The zero-order valence-electron chi connectivity index (χ0n) is 11.5. The van der Waals surface area contributed by atoms with Crippen molar-refractivity contribution >= 4 is 21.6 Å². The molecule has 2 unspecified atom stereocenters. The first-order valence-electron chi connectivity index (χ1n) is 7.01. The van der Waals surface area contributed by atoms with Crippen molar-refractivity contribution in [3.05, 3.63) is 23.5 Å². The molecule has 2 atom stereocenters. The number of halogens is 1. The van der Waals surface area contributed by atoms with Gasteiger partial charge >= 0.3 is 0 Å². The summed E-state index contributed by atoms with van der Waals surface area (Å²) in [4.78, 5) is 6.28. The van der Waals surface area contributed by atoms with Crippen LogP contribution in [0.1, 0.15) is 12.8 Å². The van der Waals surface area contributed by atoms with E-state index < -0.39 is 10.0 Å². The van der Waals surface area contributed by atoms with E-state index in [9.17, 15) is 8.42 Å². The van der Waals surface area contributed by atoms with Gasteiger partial charge in [0, 0.05) is 25.3 Å². The van der Waals surface area contributed by atoms with Gasteiger partial charge in [0.1, 0.15) is 5.15 Å². The molecule has 21 heavy (non-hydrogen) atoms. The Kier molecular flexibility index (Phi) is 4.46. The zero-order chi connectivity index (χ0) is 14.9. The fraction of sp³-hybridized carbons (Fsp3) is 0.615. The molecule has 116 valence electrons. The smallest absolute Gasteiger partial charge is 0.240 e. The molecule has 0 bridgehead atoms. The predicted molar refractivity (Wildman–Crippen MR) is 78.8 cm³/mol. The number of morpholine rings is 1. The van der Waals surface area contributed by atoms with Crippen molar-refractivity contribution in [2.45, 2.75) is 29.9 Å². The standard InChI is InChI=1S/C13H18ClN3O3S/c14-13-6-12(3-4-15-13)21(18,19)16-7-11-8-17-5-1-2-10(17)9-20-11/h3-4,6,10-11,16H,1-2,5,7-9H2. The Hall–Kier alpha value is -0.730. The van der Waals surface area contributed by atoms with Gasteiger partial charge in [0.05, 0.1) is 17.6 Å². The summed E-state index contributed by atoms with van der Waals surface area (Å²) in [6, 6.07) is 3.27. The molecule has 1 aromatic rings. The second-order valence-corrected chi connectivity index (χ2v) is 7.57. The molecule has 0 radical (unpaired) electrons. The van der Waals surface area contributed by atoms with E-state index in [1.807, 2.05) is 0 Å². The van der Waals surface area contributed by atoms with Crippen LogP contribution in [-0.2, 0) is 14.8 Å². The topological polar surface area (TPSA) is 71.5 Å². The lowest BCUT2D eigenvalue weighted by atomic mass is 10.2. The maximum absolute atomic E-state index is 12.2. The monoisotopic (exact) mass is 331 g/mol. The van der Waals surface area contributed by atoms with Crippen LogP contribution >= 0.6 is 11.6 Å². The summed E-state index contributed by atoms with van der Waals surface area (Å²) in [5.74, 6) is 0. The molecule has 0 amide bonds. The van der Waals surface area contributed by atoms with Crippen molar-refractivity contribution in [3.63, 3.8) is 0 Å². The third-order valence-electron chi connectivity index (χ3n) is 3.97. The van der Waals surface area contributed by atoms with Crippen LogP contribution in [0, 0.1) is 0 Å². The van der Waals surface area contributed by atoms with Gasteiger partial charge in [-0.1, -0.05) is 11.6 Å². The van der Waals surface area contributed by atoms with Gasteiger partial charge in [0.25, 0.3) is 0 Å². The Morgan fingerprint density at radius 1 is 1.52 bits per heavy atom. The lowest BCUT2D eigenvalue weighted by Gasteiger charge is -2.35. The third-order valence-corrected chi connectivity index (χ3v) is 5.60.